The van der Waals surface area contributed by atoms with Gasteiger partial charge in [0.25, 0.3) is 0 Å². The number of phosphoric acid groups is 1. The molecule has 1 aliphatic carbocycles. The number of unbranched alkanes of at least 4 members (excludes halogenated alkanes) is 31. The van der Waals surface area contributed by atoms with Crippen molar-refractivity contribution in [2.24, 2.45) is 0 Å². The van der Waals surface area contributed by atoms with Crippen molar-refractivity contribution in [3.8, 4) is 0 Å². The topological polar surface area (TPSA) is 226 Å². The summed E-state index contributed by atoms with van der Waals surface area (Å²) in [5, 5.41) is 74.9. The molecule has 392 valence electrons. The second-order valence-electron chi connectivity index (χ2n) is 19.6. The summed E-state index contributed by atoms with van der Waals surface area (Å²) in [5.74, 6) is -0.561. The van der Waals surface area contributed by atoms with E-state index in [1.54, 1.807) is 0 Å². The third kappa shape index (κ3) is 32.8. The molecule has 0 aromatic heterocycles. The molecule has 0 aliphatic heterocycles. The SMILES string of the molecule is CCCCCCCC/C=C\CCCCCCCC(O)CC(=O)NC(COP(=O)(O)OC1C(O)C(O)C(O)C(O)C1O)C(O)CCCCCCCCCCCCCCCCCCCCCCC. The van der Waals surface area contributed by atoms with Gasteiger partial charge in [0.15, 0.2) is 0 Å². The number of carbonyl (C=O) groups excluding carboxylic acids is 1. The molecule has 1 amide bonds. The van der Waals surface area contributed by atoms with Crippen LogP contribution in [0, 0.1) is 0 Å². The second-order valence-corrected chi connectivity index (χ2v) is 21.0. The van der Waals surface area contributed by atoms with Crippen molar-refractivity contribution in [2.75, 3.05) is 6.61 Å². The minimum absolute atomic E-state index is 0.224. The van der Waals surface area contributed by atoms with Crippen molar-refractivity contribution in [1.29, 1.82) is 0 Å². The molecule has 0 radical (unpaired) electrons. The van der Waals surface area contributed by atoms with Crippen LogP contribution in [0.1, 0.15) is 251 Å². The standard InChI is InChI=1S/C52H102NO12P/c1-3-5-7-9-11-13-15-17-19-20-21-22-23-24-26-28-30-32-34-36-38-40-45(55)44(42-64-66(62,63)65-52-50(60)48(58)47(57)49(59)51(52)61)53-46(56)41-43(54)39-37-35-33-31-29-27-25-18-16-14-12-10-8-6-4-2/h18,25,43-45,47-52,54-55,57-61H,3-17,19-24,26-42H2,1-2H3,(H,53,56)(H,62,63)/b25-18-. The minimum Gasteiger partial charge on any atom is -0.393 e. The number of aliphatic hydroxyl groups excluding tert-OH is 7. The molecule has 14 heteroatoms. The zero-order valence-electron chi connectivity index (χ0n) is 41.9. The minimum atomic E-state index is -5.12. The Morgan fingerprint density at radius 1 is 0.515 bits per heavy atom. The van der Waals surface area contributed by atoms with Gasteiger partial charge >= 0.3 is 7.82 Å². The van der Waals surface area contributed by atoms with Gasteiger partial charge in [0.1, 0.15) is 36.6 Å². The highest BCUT2D eigenvalue weighted by molar-refractivity contribution is 7.47. The van der Waals surface area contributed by atoms with Crippen LogP contribution < -0.4 is 5.32 Å². The van der Waals surface area contributed by atoms with Crippen LogP contribution in [0.5, 0.6) is 0 Å². The van der Waals surface area contributed by atoms with Crippen LogP contribution in [-0.2, 0) is 18.4 Å². The van der Waals surface area contributed by atoms with Crippen LogP contribution in [0.3, 0.4) is 0 Å². The number of rotatable bonds is 46. The van der Waals surface area contributed by atoms with Crippen LogP contribution in [-0.4, -0.2) is 108 Å². The predicted molar refractivity (Wildman–Crippen MR) is 266 cm³/mol. The van der Waals surface area contributed by atoms with Gasteiger partial charge in [0.2, 0.25) is 5.91 Å². The zero-order chi connectivity index (χ0) is 48.7. The quantitative estimate of drug-likeness (QED) is 0.0158. The normalized spacial score (nSPS) is 22.4. The van der Waals surface area contributed by atoms with Gasteiger partial charge in [-0.25, -0.2) is 4.57 Å². The molecule has 0 spiro atoms. The lowest BCUT2D eigenvalue weighted by Gasteiger charge is -2.41. The van der Waals surface area contributed by atoms with E-state index < -0.39 is 75.2 Å². The summed E-state index contributed by atoms with van der Waals surface area (Å²) in [6.07, 6.45) is 32.5. The zero-order valence-corrected chi connectivity index (χ0v) is 42.8. The Bertz CT molecular complexity index is 1180. The molecule has 1 rings (SSSR count). The molecular weight excluding hydrogens is 862 g/mol. The first-order chi connectivity index (χ1) is 31.8. The van der Waals surface area contributed by atoms with E-state index in [0.29, 0.717) is 12.8 Å². The van der Waals surface area contributed by atoms with Crippen molar-refractivity contribution < 1.29 is 59.0 Å². The molecule has 13 nitrogen and oxygen atoms in total. The Morgan fingerprint density at radius 2 is 0.848 bits per heavy atom. The molecule has 0 heterocycles. The smallest absolute Gasteiger partial charge is 0.393 e. The Labute approximate surface area is 401 Å². The number of nitrogens with one attached hydrogen (secondary N) is 1. The fourth-order valence-corrected chi connectivity index (χ4v) is 9.92. The van der Waals surface area contributed by atoms with Gasteiger partial charge in [-0.15, -0.1) is 0 Å². The van der Waals surface area contributed by atoms with Crippen LogP contribution in [0.2, 0.25) is 0 Å². The van der Waals surface area contributed by atoms with Crippen LogP contribution in [0.15, 0.2) is 12.2 Å². The molecule has 1 aliphatic rings. The monoisotopic (exact) mass is 964 g/mol. The maximum absolute atomic E-state index is 13.1. The summed E-state index contributed by atoms with van der Waals surface area (Å²) in [4.78, 5) is 23.6. The summed E-state index contributed by atoms with van der Waals surface area (Å²) in [5.41, 5.74) is 0. The molecule has 1 saturated carbocycles. The number of phosphoric ester groups is 1. The van der Waals surface area contributed by atoms with Gasteiger partial charge in [0, 0.05) is 0 Å². The molecule has 1 fully saturated rings. The van der Waals surface area contributed by atoms with E-state index in [1.807, 2.05) is 0 Å². The first-order valence-electron chi connectivity index (χ1n) is 27.2. The number of allylic oxidation sites excluding steroid dienone is 2. The number of hydrogen-bond acceptors (Lipinski definition) is 11. The third-order valence-electron chi connectivity index (χ3n) is 13.4. The van der Waals surface area contributed by atoms with Crippen molar-refractivity contribution in [3.05, 3.63) is 12.2 Å². The molecule has 8 atom stereocenters. The molecular formula is C52H102NO12P. The highest BCUT2D eigenvalue weighted by atomic mass is 31.2. The van der Waals surface area contributed by atoms with Crippen molar-refractivity contribution in [3.63, 3.8) is 0 Å². The van der Waals surface area contributed by atoms with E-state index in [2.05, 4.69) is 31.3 Å². The summed E-state index contributed by atoms with van der Waals surface area (Å²) in [6, 6.07) is -1.15. The Balaban J connectivity index is 2.43. The first-order valence-corrected chi connectivity index (χ1v) is 28.7. The average molecular weight is 964 g/mol. The lowest BCUT2D eigenvalue weighted by molar-refractivity contribution is -0.220. The highest BCUT2D eigenvalue weighted by Crippen LogP contribution is 2.47. The Kier molecular flexibility index (Phi) is 39.9. The van der Waals surface area contributed by atoms with Gasteiger partial charge in [-0.1, -0.05) is 219 Å². The number of aliphatic hydroxyl groups is 7. The van der Waals surface area contributed by atoms with Gasteiger partial charge < -0.3 is 46.0 Å². The molecule has 0 bridgehead atoms. The predicted octanol–water partition coefficient (Wildman–Crippen LogP) is 10.5. The molecule has 0 saturated heterocycles. The maximum Gasteiger partial charge on any atom is 0.472 e. The summed E-state index contributed by atoms with van der Waals surface area (Å²) < 4.78 is 23.0. The van der Waals surface area contributed by atoms with Crippen molar-refractivity contribution in [1.82, 2.24) is 5.32 Å². The molecule has 9 N–H and O–H groups in total. The van der Waals surface area contributed by atoms with Crippen LogP contribution in [0.25, 0.3) is 0 Å². The first kappa shape index (κ1) is 63.1. The van der Waals surface area contributed by atoms with E-state index in [1.165, 1.54) is 141 Å². The van der Waals surface area contributed by atoms with Gasteiger partial charge in [-0.05, 0) is 38.5 Å². The summed E-state index contributed by atoms with van der Waals surface area (Å²) in [7, 11) is -5.12. The average Bonchev–Trinajstić information content (AvgIpc) is 3.29. The highest BCUT2D eigenvalue weighted by Gasteiger charge is 2.51. The van der Waals surface area contributed by atoms with Crippen LogP contribution >= 0.6 is 7.82 Å². The fourth-order valence-electron chi connectivity index (χ4n) is 8.95. The Hall–Kier alpha value is -0.960. The second kappa shape index (κ2) is 41.8. The van der Waals surface area contributed by atoms with E-state index in [9.17, 15) is 50.0 Å². The lowest BCUT2D eigenvalue weighted by atomic mass is 9.85. The molecule has 0 aromatic rings. The van der Waals surface area contributed by atoms with Crippen molar-refractivity contribution in [2.45, 2.75) is 306 Å². The van der Waals surface area contributed by atoms with E-state index in [-0.39, 0.29) is 12.8 Å². The number of hydrogen-bond donors (Lipinski definition) is 9. The molecule has 66 heavy (non-hydrogen) atoms. The van der Waals surface area contributed by atoms with Crippen molar-refractivity contribution >= 4 is 13.7 Å². The van der Waals surface area contributed by atoms with E-state index in [0.717, 1.165) is 70.6 Å². The van der Waals surface area contributed by atoms with Gasteiger partial charge in [-0.2, -0.15) is 0 Å². The Morgan fingerprint density at radius 3 is 1.24 bits per heavy atom. The summed E-state index contributed by atoms with van der Waals surface area (Å²) >= 11 is 0. The number of amides is 1. The lowest BCUT2D eigenvalue weighted by Crippen LogP contribution is -2.64. The largest absolute Gasteiger partial charge is 0.472 e. The third-order valence-corrected chi connectivity index (χ3v) is 14.4. The van der Waals surface area contributed by atoms with E-state index >= 15 is 0 Å². The summed E-state index contributed by atoms with van der Waals surface area (Å²) in [6.45, 7) is 3.82. The molecule has 8 unspecified atom stereocenters. The van der Waals surface area contributed by atoms with Gasteiger partial charge in [-0.3, -0.25) is 13.8 Å². The number of carbonyl (C=O) groups is 1. The molecule has 0 aromatic carbocycles. The van der Waals surface area contributed by atoms with E-state index in [4.69, 9.17) is 9.05 Å². The van der Waals surface area contributed by atoms with Gasteiger partial charge in [0.05, 0.1) is 31.3 Å². The van der Waals surface area contributed by atoms with Crippen LogP contribution in [0.4, 0.5) is 0 Å². The maximum atomic E-state index is 13.1. The fraction of sp³-hybridized carbons (Fsp3) is 0.942.